The number of ether oxygens (including phenoxy) is 3. The Morgan fingerprint density at radius 1 is 0.519 bits per heavy atom. The van der Waals surface area contributed by atoms with Crippen molar-refractivity contribution < 1.29 is 49.3 Å². The van der Waals surface area contributed by atoms with Gasteiger partial charge in [-0.15, -0.1) is 0 Å². The summed E-state index contributed by atoms with van der Waals surface area (Å²) in [6.45, 7) is 5.65. The average molecular weight is 1080 g/mol. The highest BCUT2D eigenvalue weighted by molar-refractivity contribution is 5.80. The molecule has 1 amide bonds. The lowest BCUT2D eigenvalue weighted by Crippen LogP contribution is -2.61. The van der Waals surface area contributed by atoms with Crippen LogP contribution in [0.2, 0.25) is 0 Å². The zero-order valence-electron chi connectivity index (χ0n) is 49.1. The molecule has 0 saturated carbocycles. The first-order valence-corrected chi connectivity index (χ1v) is 31.4. The maximum Gasteiger partial charge on any atom is 0.306 e. The maximum atomic E-state index is 13.4. The smallest absolute Gasteiger partial charge is 0.306 e. The van der Waals surface area contributed by atoms with Crippen LogP contribution in [-0.2, 0) is 23.8 Å². The Bertz CT molecular complexity index is 1570. The second kappa shape index (κ2) is 53.5. The Kier molecular flexibility index (Phi) is 49.9. The molecule has 1 aliphatic rings. The van der Waals surface area contributed by atoms with E-state index in [-0.39, 0.29) is 19.4 Å². The number of esters is 1. The van der Waals surface area contributed by atoms with Gasteiger partial charge in [0.1, 0.15) is 24.4 Å². The van der Waals surface area contributed by atoms with E-state index in [1.807, 2.05) is 6.08 Å². The minimum Gasteiger partial charge on any atom is -0.454 e. The standard InChI is InChI=1S/C66H115NO10/c1-4-7-10-13-16-19-22-25-27-28-29-30-31-33-35-38-41-44-47-50-53-59(70)65(74)67-57(58(69)52-49-46-43-40-37-34-24-21-18-15-12-9-6-3)56-75-66-64(63(73)62(72)60(55-68)76-66)77-61(71)54-51-48-45-42-39-36-32-26-23-20-17-14-11-8-5-2/h7,10,16,19-20,23,25,27,29-30,33,35,49,52,57-60,62-64,66,68-70,72-73H,4-6,8-9,11-15,17-18,21-22,24,26,28,31-32,34,36-48,50-51,53-56H2,1-3H3,(H,67,74)/b10-7-,19-16-,23-20-,27-25-,30-29-,35-33-,52-49+. The van der Waals surface area contributed by atoms with E-state index in [2.05, 4.69) is 99.0 Å². The number of hydrogen-bond acceptors (Lipinski definition) is 10. The van der Waals surface area contributed by atoms with Crippen LogP contribution in [0.5, 0.6) is 0 Å². The van der Waals surface area contributed by atoms with Crippen molar-refractivity contribution in [3.8, 4) is 0 Å². The Hall–Kier alpha value is -3.16. The highest BCUT2D eigenvalue weighted by Gasteiger charge is 2.47. The number of unbranched alkanes of at least 4 members (excludes halogenated alkanes) is 26. The van der Waals surface area contributed by atoms with Gasteiger partial charge in [0.05, 0.1) is 25.4 Å². The van der Waals surface area contributed by atoms with Gasteiger partial charge in [0.2, 0.25) is 5.91 Å². The van der Waals surface area contributed by atoms with E-state index >= 15 is 0 Å². The Labute approximate surface area is 470 Å². The molecule has 1 saturated heterocycles. The molecule has 444 valence electrons. The van der Waals surface area contributed by atoms with Gasteiger partial charge in [0.25, 0.3) is 0 Å². The number of aliphatic hydroxyl groups is 5. The summed E-state index contributed by atoms with van der Waals surface area (Å²) in [5, 5.41) is 57.0. The van der Waals surface area contributed by atoms with Gasteiger partial charge in [0, 0.05) is 6.42 Å². The number of allylic oxidation sites excluding steroid dienone is 13. The van der Waals surface area contributed by atoms with E-state index in [0.717, 1.165) is 109 Å². The Balaban J connectivity index is 2.71. The first kappa shape index (κ1) is 71.9. The lowest BCUT2D eigenvalue weighted by atomic mass is 9.99. The molecule has 1 heterocycles. The van der Waals surface area contributed by atoms with E-state index in [9.17, 15) is 35.1 Å². The predicted octanol–water partition coefficient (Wildman–Crippen LogP) is 14.9. The molecule has 1 fully saturated rings. The summed E-state index contributed by atoms with van der Waals surface area (Å²) in [4.78, 5) is 26.5. The molecule has 11 nitrogen and oxygen atoms in total. The van der Waals surface area contributed by atoms with Gasteiger partial charge in [-0.1, -0.05) is 241 Å². The molecule has 6 N–H and O–H groups in total. The Morgan fingerprint density at radius 2 is 0.935 bits per heavy atom. The van der Waals surface area contributed by atoms with Gasteiger partial charge in [-0.25, -0.2) is 0 Å². The van der Waals surface area contributed by atoms with Crippen LogP contribution < -0.4 is 5.32 Å². The average Bonchev–Trinajstić information content (AvgIpc) is 3.43. The SMILES string of the molecule is CC/C=C\C/C=C\C/C=C\C/C=C\C/C=C\CCCCCCC(O)C(=O)NC(COC1OC(CO)C(O)C(O)C1OC(=O)CCCCCCCCC/C=C\CCCCCC)C(O)/C=C/CCCCCCCCCCCCC. The zero-order chi connectivity index (χ0) is 56.1. The molecule has 1 aliphatic heterocycles. The monoisotopic (exact) mass is 1080 g/mol. The van der Waals surface area contributed by atoms with Crippen LogP contribution in [-0.4, -0.2) is 99.6 Å². The van der Waals surface area contributed by atoms with Crippen molar-refractivity contribution in [2.24, 2.45) is 0 Å². The summed E-state index contributed by atoms with van der Waals surface area (Å²) >= 11 is 0. The van der Waals surface area contributed by atoms with Crippen molar-refractivity contribution >= 4 is 11.9 Å². The maximum absolute atomic E-state index is 13.4. The van der Waals surface area contributed by atoms with Gasteiger partial charge in [0.15, 0.2) is 12.4 Å². The molecular formula is C66H115NO10. The molecule has 0 aromatic rings. The zero-order valence-corrected chi connectivity index (χ0v) is 49.1. The van der Waals surface area contributed by atoms with Gasteiger partial charge >= 0.3 is 5.97 Å². The fourth-order valence-electron chi connectivity index (χ4n) is 9.32. The molecule has 8 unspecified atom stereocenters. The van der Waals surface area contributed by atoms with E-state index in [1.54, 1.807) is 6.08 Å². The molecule has 77 heavy (non-hydrogen) atoms. The predicted molar refractivity (Wildman–Crippen MR) is 319 cm³/mol. The van der Waals surface area contributed by atoms with Crippen LogP contribution in [0.3, 0.4) is 0 Å². The second-order valence-corrected chi connectivity index (χ2v) is 21.4. The third-order valence-corrected chi connectivity index (χ3v) is 14.3. The van der Waals surface area contributed by atoms with E-state index in [0.29, 0.717) is 12.8 Å². The lowest BCUT2D eigenvalue weighted by molar-refractivity contribution is -0.305. The number of nitrogens with one attached hydrogen (secondary N) is 1. The van der Waals surface area contributed by atoms with Crippen LogP contribution in [0, 0.1) is 0 Å². The number of carbonyl (C=O) groups is 2. The number of amides is 1. The summed E-state index contributed by atoms with van der Waals surface area (Å²) in [6.07, 6.45) is 59.0. The highest BCUT2D eigenvalue weighted by atomic mass is 16.7. The van der Waals surface area contributed by atoms with E-state index in [1.165, 1.54) is 103 Å². The minimum absolute atomic E-state index is 0.113. The van der Waals surface area contributed by atoms with Gasteiger partial charge in [-0.05, 0) is 96.3 Å². The van der Waals surface area contributed by atoms with Crippen LogP contribution in [0.1, 0.15) is 258 Å². The highest BCUT2D eigenvalue weighted by Crippen LogP contribution is 2.26. The normalized spacial score (nSPS) is 19.6. The largest absolute Gasteiger partial charge is 0.454 e. The van der Waals surface area contributed by atoms with E-state index < -0.39 is 67.4 Å². The third-order valence-electron chi connectivity index (χ3n) is 14.3. The number of carbonyl (C=O) groups excluding carboxylic acids is 2. The van der Waals surface area contributed by atoms with Crippen molar-refractivity contribution in [1.29, 1.82) is 0 Å². The molecule has 0 aliphatic carbocycles. The van der Waals surface area contributed by atoms with Crippen molar-refractivity contribution in [1.82, 2.24) is 5.32 Å². The molecule has 0 aromatic heterocycles. The summed E-state index contributed by atoms with van der Waals surface area (Å²) in [5.74, 6) is -1.22. The van der Waals surface area contributed by atoms with Crippen LogP contribution in [0.15, 0.2) is 85.1 Å². The molecule has 0 bridgehead atoms. The van der Waals surface area contributed by atoms with Crippen molar-refractivity contribution in [3.63, 3.8) is 0 Å². The summed E-state index contributed by atoms with van der Waals surface area (Å²) in [6, 6.07) is -1.04. The summed E-state index contributed by atoms with van der Waals surface area (Å²) in [7, 11) is 0. The fourth-order valence-corrected chi connectivity index (χ4v) is 9.32. The first-order chi connectivity index (χ1) is 37.7. The quantitative estimate of drug-likeness (QED) is 0.0195. The van der Waals surface area contributed by atoms with Crippen molar-refractivity contribution in [3.05, 3.63) is 85.1 Å². The topological polar surface area (TPSA) is 175 Å². The summed E-state index contributed by atoms with van der Waals surface area (Å²) in [5.41, 5.74) is 0. The van der Waals surface area contributed by atoms with Gasteiger partial charge in [-0.3, -0.25) is 9.59 Å². The number of aliphatic hydroxyl groups excluding tert-OH is 5. The van der Waals surface area contributed by atoms with Gasteiger partial charge in [-0.2, -0.15) is 0 Å². The number of rotatable bonds is 52. The van der Waals surface area contributed by atoms with Crippen LogP contribution in [0.25, 0.3) is 0 Å². The van der Waals surface area contributed by atoms with Crippen LogP contribution in [0.4, 0.5) is 0 Å². The Morgan fingerprint density at radius 3 is 1.43 bits per heavy atom. The molecule has 0 radical (unpaired) electrons. The molecule has 0 aromatic carbocycles. The fraction of sp³-hybridized carbons (Fsp3) is 0.758. The molecule has 0 spiro atoms. The molecule has 11 heteroatoms. The molecule has 1 rings (SSSR count). The van der Waals surface area contributed by atoms with Crippen molar-refractivity contribution in [2.75, 3.05) is 13.2 Å². The second-order valence-electron chi connectivity index (χ2n) is 21.4. The van der Waals surface area contributed by atoms with Gasteiger partial charge < -0.3 is 45.1 Å². The summed E-state index contributed by atoms with van der Waals surface area (Å²) < 4.78 is 17.6. The minimum atomic E-state index is -1.62. The van der Waals surface area contributed by atoms with Crippen molar-refractivity contribution in [2.45, 2.75) is 307 Å². The first-order valence-electron chi connectivity index (χ1n) is 31.4. The third kappa shape index (κ3) is 41.5. The lowest BCUT2D eigenvalue weighted by Gasteiger charge is -2.41. The van der Waals surface area contributed by atoms with E-state index in [4.69, 9.17) is 14.2 Å². The molecular weight excluding hydrogens is 967 g/mol. The van der Waals surface area contributed by atoms with Crippen LogP contribution >= 0.6 is 0 Å². The number of hydrogen-bond donors (Lipinski definition) is 6. The molecule has 8 atom stereocenters.